The summed E-state index contributed by atoms with van der Waals surface area (Å²) in [5, 5.41) is 5.77. The van der Waals surface area contributed by atoms with Gasteiger partial charge < -0.3 is 0 Å². The molecule has 1 heterocycles. The fourth-order valence-electron chi connectivity index (χ4n) is 1.12. The van der Waals surface area contributed by atoms with E-state index in [2.05, 4.69) is 19.9 Å². The van der Waals surface area contributed by atoms with Crippen molar-refractivity contribution in [3.63, 3.8) is 0 Å². The Labute approximate surface area is 101 Å². The molecule has 1 aromatic carbocycles. The van der Waals surface area contributed by atoms with Gasteiger partial charge in [0, 0.05) is 5.02 Å². The number of sulfonamides is 1. The summed E-state index contributed by atoms with van der Waals surface area (Å²) in [6.45, 7) is 0. The van der Waals surface area contributed by atoms with Crippen LogP contribution in [0.5, 0.6) is 0 Å². The molecule has 0 atom stereocenters. The quantitative estimate of drug-likeness (QED) is 0.887. The van der Waals surface area contributed by atoms with Crippen molar-refractivity contribution in [1.29, 1.82) is 0 Å². The first-order chi connectivity index (χ1) is 7.97. The van der Waals surface area contributed by atoms with Gasteiger partial charge in [0.25, 0.3) is 10.0 Å². The number of hydrogen-bond acceptors (Lipinski definition) is 4. The average Bonchev–Trinajstić information content (AvgIpc) is 2.68. The van der Waals surface area contributed by atoms with Crippen molar-refractivity contribution in [2.45, 2.75) is 4.90 Å². The molecule has 17 heavy (non-hydrogen) atoms. The van der Waals surface area contributed by atoms with E-state index in [9.17, 15) is 12.8 Å². The molecule has 1 aromatic heterocycles. The Morgan fingerprint density at radius 1 is 1.35 bits per heavy atom. The second-order valence-corrected chi connectivity index (χ2v) is 5.16. The molecule has 2 rings (SSSR count). The smallest absolute Gasteiger partial charge is 0.248 e. The van der Waals surface area contributed by atoms with Crippen LogP contribution in [0.4, 0.5) is 10.3 Å². The number of aromatic nitrogens is 3. The van der Waals surface area contributed by atoms with E-state index >= 15 is 0 Å². The van der Waals surface area contributed by atoms with Crippen molar-refractivity contribution >= 4 is 27.6 Å². The third-order valence-corrected chi connectivity index (χ3v) is 3.33. The van der Waals surface area contributed by atoms with Crippen LogP contribution in [0.1, 0.15) is 0 Å². The van der Waals surface area contributed by atoms with E-state index in [1.807, 2.05) is 0 Å². The number of hydrogen-bond donors (Lipinski definition) is 2. The average molecular weight is 277 g/mol. The number of H-pyrrole nitrogens is 1. The number of halogens is 2. The molecule has 0 unspecified atom stereocenters. The lowest BCUT2D eigenvalue weighted by molar-refractivity contribution is 0.595. The fraction of sp³-hybridized carbons (Fsp3) is 0. The summed E-state index contributed by atoms with van der Waals surface area (Å²) in [6, 6.07) is 2.99. The van der Waals surface area contributed by atoms with Crippen molar-refractivity contribution < 1.29 is 12.8 Å². The van der Waals surface area contributed by atoms with Gasteiger partial charge in [0.1, 0.15) is 12.1 Å². The minimum Gasteiger partial charge on any atom is -0.248 e. The highest BCUT2D eigenvalue weighted by Crippen LogP contribution is 2.19. The van der Waals surface area contributed by atoms with Crippen LogP contribution in [-0.4, -0.2) is 23.6 Å². The van der Waals surface area contributed by atoms with Gasteiger partial charge in [0.15, 0.2) is 0 Å². The topological polar surface area (TPSA) is 87.7 Å². The van der Waals surface area contributed by atoms with E-state index in [4.69, 9.17) is 11.6 Å². The highest BCUT2D eigenvalue weighted by Gasteiger charge is 2.17. The highest BCUT2D eigenvalue weighted by molar-refractivity contribution is 7.92. The Bertz CT molecular complexity index is 609. The Hall–Kier alpha value is -1.67. The lowest BCUT2D eigenvalue weighted by Crippen LogP contribution is -2.14. The van der Waals surface area contributed by atoms with Crippen molar-refractivity contribution in [3.8, 4) is 0 Å². The molecule has 0 saturated carbocycles. The normalized spacial score (nSPS) is 11.4. The Balaban J connectivity index is 2.38. The first-order valence-corrected chi connectivity index (χ1v) is 6.18. The maximum absolute atomic E-state index is 13.0. The number of anilines is 1. The maximum Gasteiger partial charge on any atom is 0.264 e. The molecular weight excluding hydrogens is 271 g/mol. The number of nitrogens with one attached hydrogen (secondary N) is 2. The number of benzene rings is 1. The fourth-order valence-corrected chi connectivity index (χ4v) is 2.43. The lowest BCUT2D eigenvalue weighted by Gasteiger charge is -2.05. The molecule has 2 N–H and O–H groups in total. The monoisotopic (exact) mass is 276 g/mol. The van der Waals surface area contributed by atoms with Crippen LogP contribution in [-0.2, 0) is 10.0 Å². The van der Waals surface area contributed by atoms with Gasteiger partial charge in [-0.1, -0.05) is 11.6 Å². The van der Waals surface area contributed by atoms with Gasteiger partial charge in [0.05, 0.1) is 4.90 Å². The molecule has 6 nitrogen and oxygen atoms in total. The van der Waals surface area contributed by atoms with E-state index in [-0.39, 0.29) is 15.9 Å². The Morgan fingerprint density at radius 2 is 2.12 bits per heavy atom. The zero-order valence-electron chi connectivity index (χ0n) is 8.18. The molecule has 90 valence electrons. The predicted octanol–water partition coefficient (Wildman–Crippen LogP) is 1.40. The van der Waals surface area contributed by atoms with Crippen LogP contribution in [0.3, 0.4) is 0 Å². The van der Waals surface area contributed by atoms with Crippen molar-refractivity contribution in [1.82, 2.24) is 15.2 Å². The summed E-state index contributed by atoms with van der Waals surface area (Å²) in [4.78, 5) is 3.30. The van der Waals surface area contributed by atoms with Crippen LogP contribution in [0, 0.1) is 5.82 Å². The zero-order valence-corrected chi connectivity index (χ0v) is 9.76. The van der Waals surface area contributed by atoms with Crippen LogP contribution >= 0.6 is 11.6 Å². The van der Waals surface area contributed by atoms with Crippen LogP contribution in [0.25, 0.3) is 0 Å². The van der Waals surface area contributed by atoms with Crippen LogP contribution < -0.4 is 4.72 Å². The summed E-state index contributed by atoms with van der Waals surface area (Å²) in [5.41, 5.74) is 0. The summed E-state index contributed by atoms with van der Waals surface area (Å²) < 4.78 is 38.7. The minimum atomic E-state index is -3.94. The predicted molar refractivity (Wildman–Crippen MR) is 58.6 cm³/mol. The molecular formula is C8H6ClFN4O2S. The van der Waals surface area contributed by atoms with Crippen molar-refractivity contribution in [3.05, 3.63) is 35.4 Å². The van der Waals surface area contributed by atoms with E-state index in [0.29, 0.717) is 0 Å². The second-order valence-electron chi connectivity index (χ2n) is 3.04. The number of nitrogens with zero attached hydrogens (tertiary/aromatic N) is 2. The van der Waals surface area contributed by atoms with Crippen molar-refractivity contribution in [2.75, 3.05) is 4.72 Å². The molecule has 0 aliphatic heterocycles. The molecule has 0 saturated heterocycles. The molecule has 2 aromatic rings. The SMILES string of the molecule is O=S(=O)(Nc1ncn[nH]1)c1cc(F)cc(Cl)c1. The first kappa shape index (κ1) is 11.8. The van der Waals surface area contributed by atoms with Gasteiger partial charge in [-0.25, -0.2) is 22.6 Å². The Morgan fingerprint density at radius 3 is 2.71 bits per heavy atom. The molecule has 0 spiro atoms. The molecule has 9 heteroatoms. The largest absolute Gasteiger partial charge is 0.264 e. The standard InChI is InChI=1S/C8H6ClFN4O2S/c9-5-1-6(10)3-7(2-5)17(15,16)14-8-11-4-12-13-8/h1-4H,(H2,11,12,13,14). The molecule has 0 amide bonds. The Kier molecular flexibility index (Phi) is 2.99. The zero-order chi connectivity index (χ0) is 12.5. The third kappa shape index (κ3) is 2.71. The van der Waals surface area contributed by atoms with Gasteiger partial charge in [-0.05, 0) is 18.2 Å². The third-order valence-electron chi connectivity index (χ3n) is 1.79. The van der Waals surface area contributed by atoms with Gasteiger partial charge in [0.2, 0.25) is 5.95 Å². The van der Waals surface area contributed by atoms with E-state index in [1.54, 1.807) is 0 Å². The summed E-state index contributed by atoms with van der Waals surface area (Å²) in [6.07, 6.45) is 1.14. The molecule has 0 radical (unpaired) electrons. The molecule has 0 aliphatic rings. The van der Waals surface area contributed by atoms with Gasteiger partial charge in [-0.2, -0.15) is 10.1 Å². The highest BCUT2D eigenvalue weighted by atomic mass is 35.5. The summed E-state index contributed by atoms with van der Waals surface area (Å²) in [5.74, 6) is -0.805. The van der Waals surface area contributed by atoms with E-state index in [0.717, 1.165) is 24.5 Å². The van der Waals surface area contributed by atoms with Gasteiger partial charge in [-0.15, -0.1) is 0 Å². The maximum atomic E-state index is 13.0. The van der Waals surface area contributed by atoms with Crippen molar-refractivity contribution in [2.24, 2.45) is 0 Å². The van der Waals surface area contributed by atoms with Crippen LogP contribution in [0.2, 0.25) is 5.02 Å². The second kappa shape index (κ2) is 4.30. The molecule has 0 bridgehead atoms. The summed E-state index contributed by atoms with van der Waals surface area (Å²) >= 11 is 5.57. The minimum absolute atomic E-state index is 0.0112. The van der Waals surface area contributed by atoms with E-state index < -0.39 is 15.8 Å². The lowest BCUT2D eigenvalue weighted by atomic mass is 10.3. The molecule has 0 aliphatic carbocycles. The number of rotatable bonds is 3. The number of aromatic amines is 1. The first-order valence-electron chi connectivity index (χ1n) is 4.32. The van der Waals surface area contributed by atoms with Gasteiger partial charge in [-0.3, -0.25) is 0 Å². The van der Waals surface area contributed by atoms with E-state index in [1.165, 1.54) is 0 Å². The van der Waals surface area contributed by atoms with Gasteiger partial charge >= 0.3 is 0 Å². The van der Waals surface area contributed by atoms with Crippen LogP contribution in [0.15, 0.2) is 29.4 Å². The summed E-state index contributed by atoms with van der Waals surface area (Å²) in [7, 11) is -3.94. The molecule has 0 fully saturated rings.